The van der Waals surface area contributed by atoms with E-state index in [1.165, 1.54) is 7.11 Å². The fourth-order valence-corrected chi connectivity index (χ4v) is 3.53. The maximum absolute atomic E-state index is 12.5. The van der Waals surface area contributed by atoms with Gasteiger partial charge in [0.1, 0.15) is 0 Å². The van der Waals surface area contributed by atoms with Crippen LogP contribution in [0.3, 0.4) is 0 Å². The van der Waals surface area contributed by atoms with Crippen LogP contribution in [0.25, 0.3) is 0 Å². The van der Waals surface area contributed by atoms with Crippen LogP contribution in [-0.2, 0) is 9.53 Å². The maximum atomic E-state index is 12.5. The van der Waals surface area contributed by atoms with Crippen molar-refractivity contribution >= 4 is 12.0 Å². The summed E-state index contributed by atoms with van der Waals surface area (Å²) in [5.74, 6) is -0.130. The van der Waals surface area contributed by atoms with E-state index in [1.54, 1.807) is 4.90 Å². The van der Waals surface area contributed by atoms with Gasteiger partial charge in [-0.1, -0.05) is 13.8 Å². The number of carbonyl (C=O) groups excluding carboxylic acids is 2. The first kappa shape index (κ1) is 17.1. The predicted molar refractivity (Wildman–Crippen MR) is 84.5 cm³/mol. The Balaban J connectivity index is 1.92. The second-order valence-electron chi connectivity index (χ2n) is 6.87. The molecule has 3 atom stereocenters. The lowest BCUT2D eigenvalue weighted by molar-refractivity contribution is -0.152. The topological polar surface area (TPSA) is 61.9 Å². The zero-order valence-corrected chi connectivity index (χ0v) is 14.2. The van der Waals surface area contributed by atoms with Crippen LogP contribution in [0.15, 0.2) is 0 Å². The highest BCUT2D eigenvalue weighted by Crippen LogP contribution is 2.36. The number of hydrogen-bond donors (Lipinski definition) is 1. The summed E-state index contributed by atoms with van der Waals surface area (Å²) in [5, 5.41) is 3.13. The summed E-state index contributed by atoms with van der Waals surface area (Å²) in [6.45, 7) is 10.1. The van der Waals surface area contributed by atoms with Gasteiger partial charge in [-0.15, -0.1) is 0 Å². The third kappa shape index (κ3) is 3.37. The minimum atomic E-state index is -0.603. The van der Waals surface area contributed by atoms with Gasteiger partial charge >= 0.3 is 12.0 Å². The Hall–Kier alpha value is -1.30. The van der Waals surface area contributed by atoms with Crippen molar-refractivity contribution in [2.45, 2.75) is 39.7 Å². The minimum absolute atomic E-state index is 0.0533. The largest absolute Gasteiger partial charge is 0.469 e. The third-order valence-electron chi connectivity index (χ3n) is 5.32. The lowest BCUT2D eigenvalue weighted by Crippen LogP contribution is -2.51. The van der Waals surface area contributed by atoms with Crippen LogP contribution in [0, 0.1) is 11.3 Å². The van der Waals surface area contributed by atoms with E-state index < -0.39 is 5.41 Å². The summed E-state index contributed by atoms with van der Waals surface area (Å²) in [6, 6.07) is 0.156. The molecule has 0 aliphatic carbocycles. The van der Waals surface area contributed by atoms with Crippen LogP contribution in [-0.4, -0.2) is 67.7 Å². The van der Waals surface area contributed by atoms with Gasteiger partial charge < -0.3 is 19.9 Å². The number of amides is 2. The van der Waals surface area contributed by atoms with Crippen molar-refractivity contribution in [3.63, 3.8) is 0 Å². The van der Waals surface area contributed by atoms with E-state index in [1.807, 2.05) is 13.8 Å². The van der Waals surface area contributed by atoms with Crippen LogP contribution in [0.1, 0.15) is 33.6 Å². The number of likely N-dealkylation sites (tertiary alicyclic amines) is 2. The molecule has 2 rings (SSSR count). The molecule has 0 radical (unpaired) electrons. The molecule has 6 nitrogen and oxygen atoms in total. The molecule has 2 aliphatic heterocycles. The number of nitrogens with zero attached hydrogens (tertiary/aromatic N) is 2. The van der Waals surface area contributed by atoms with Gasteiger partial charge in [0.2, 0.25) is 0 Å². The van der Waals surface area contributed by atoms with E-state index in [0.717, 1.165) is 32.5 Å². The number of nitrogens with one attached hydrogen (secondary N) is 1. The molecule has 0 aromatic rings. The van der Waals surface area contributed by atoms with Crippen molar-refractivity contribution in [1.82, 2.24) is 15.1 Å². The first-order valence-corrected chi connectivity index (χ1v) is 8.27. The average Bonchev–Trinajstić information content (AvgIpc) is 2.83. The first-order valence-electron chi connectivity index (χ1n) is 8.27. The normalized spacial score (nSPS) is 32.8. The van der Waals surface area contributed by atoms with Crippen LogP contribution < -0.4 is 5.32 Å². The fraction of sp³-hybridized carbons (Fsp3) is 0.875. The lowest BCUT2D eigenvalue weighted by Gasteiger charge is -2.33. The second kappa shape index (κ2) is 6.86. The number of esters is 1. The van der Waals surface area contributed by atoms with Crippen LogP contribution in [0.2, 0.25) is 0 Å². The smallest absolute Gasteiger partial charge is 0.317 e. The van der Waals surface area contributed by atoms with Gasteiger partial charge in [0, 0.05) is 25.7 Å². The monoisotopic (exact) mass is 311 g/mol. The van der Waals surface area contributed by atoms with Crippen molar-refractivity contribution in [3.05, 3.63) is 0 Å². The average molecular weight is 311 g/mol. The lowest BCUT2D eigenvalue weighted by atomic mass is 9.81. The van der Waals surface area contributed by atoms with E-state index in [4.69, 9.17) is 4.74 Å². The number of ether oxygens (including phenoxy) is 1. The number of likely N-dealkylation sites (N-methyl/N-ethyl adjacent to an activating group) is 1. The molecule has 0 aromatic carbocycles. The van der Waals surface area contributed by atoms with Gasteiger partial charge in [-0.05, 0) is 38.8 Å². The van der Waals surface area contributed by atoms with Crippen molar-refractivity contribution in [1.29, 1.82) is 0 Å². The predicted octanol–water partition coefficient (Wildman–Crippen LogP) is 1.31. The van der Waals surface area contributed by atoms with E-state index >= 15 is 0 Å². The molecule has 2 heterocycles. The molecule has 0 bridgehead atoms. The number of carbonyl (C=O) groups is 2. The molecule has 22 heavy (non-hydrogen) atoms. The Morgan fingerprint density at radius 2 is 2.09 bits per heavy atom. The summed E-state index contributed by atoms with van der Waals surface area (Å²) in [6.07, 6.45) is 2.15. The Bertz CT molecular complexity index is 429. The number of urea groups is 1. The van der Waals surface area contributed by atoms with Gasteiger partial charge in [-0.3, -0.25) is 4.79 Å². The molecular weight excluding hydrogens is 282 g/mol. The summed E-state index contributed by atoms with van der Waals surface area (Å²) in [4.78, 5) is 28.6. The minimum Gasteiger partial charge on any atom is -0.469 e. The third-order valence-corrected chi connectivity index (χ3v) is 5.32. The zero-order valence-electron chi connectivity index (χ0n) is 14.2. The number of methoxy groups -OCH3 is 1. The summed E-state index contributed by atoms with van der Waals surface area (Å²) in [7, 11) is 1.41. The van der Waals surface area contributed by atoms with Crippen molar-refractivity contribution in [2.75, 3.05) is 39.8 Å². The highest BCUT2D eigenvalue weighted by atomic mass is 16.5. The Labute approximate surface area is 133 Å². The van der Waals surface area contributed by atoms with Gasteiger partial charge in [-0.2, -0.15) is 0 Å². The molecule has 6 heteroatoms. The molecule has 2 saturated heterocycles. The molecule has 0 spiro atoms. The van der Waals surface area contributed by atoms with Crippen molar-refractivity contribution < 1.29 is 14.3 Å². The van der Waals surface area contributed by atoms with Crippen molar-refractivity contribution in [3.8, 4) is 0 Å². The number of rotatable bonds is 3. The highest BCUT2D eigenvalue weighted by Gasteiger charge is 2.48. The van der Waals surface area contributed by atoms with Gasteiger partial charge in [0.05, 0.1) is 12.5 Å². The van der Waals surface area contributed by atoms with Crippen LogP contribution >= 0.6 is 0 Å². The molecule has 1 N–H and O–H groups in total. The maximum Gasteiger partial charge on any atom is 0.317 e. The SMILES string of the molecule is CCN1CCC[C@@H](NC(=O)N2C[C@@H](C)[C@](C)(C(=O)OC)C2)C1. The summed E-state index contributed by atoms with van der Waals surface area (Å²) >= 11 is 0. The molecule has 2 amide bonds. The first-order chi connectivity index (χ1) is 10.4. The molecule has 0 aromatic heterocycles. The standard InChI is InChI=1S/C16H29N3O3/c1-5-18-8-6-7-13(10-18)17-15(21)19-9-12(2)16(3,11-19)14(20)22-4/h12-13H,5-11H2,1-4H3,(H,17,21)/t12-,13-,16-/m1/s1. The van der Waals surface area contributed by atoms with E-state index in [2.05, 4.69) is 17.1 Å². The molecule has 2 fully saturated rings. The summed E-state index contributed by atoms with van der Waals surface area (Å²) in [5.41, 5.74) is -0.603. The van der Waals surface area contributed by atoms with Crippen molar-refractivity contribution in [2.24, 2.45) is 11.3 Å². The summed E-state index contributed by atoms with van der Waals surface area (Å²) < 4.78 is 4.91. The Morgan fingerprint density at radius 3 is 2.73 bits per heavy atom. The van der Waals surface area contributed by atoms with E-state index in [-0.39, 0.29) is 24.0 Å². The number of hydrogen-bond acceptors (Lipinski definition) is 4. The molecule has 0 saturated carbocycles. The quantitative estimate of drug-likeness (QED) is 0.798. The molecule has 0 unspecified atom stereocenters. The van der Waals surface area contributed by atoms with Gasteiger partial charge in [0.25, 0.3) is 0 Å². The zero-order chi connectivity index (χ0) is 16.3. The van der Waals surface area contributed by atoms with Gasteiger partial charge in [-0.25, -0.2) is 4.79 Å². The molecule has 2 aliphatic rings. The molecule has 126 valence electrons. The number of piperidine rings is 1. The van der Waals surface area contributed by atoms with Crippen LogP contribution in [0.4, 0.5) is 4.79 Å². The second-order valence-corrected chi connectivity index (χ2v) is 6.87. The Morgan fingerprint density at radius 1 is 1.36 bits per heavy atom. The molecular formula is C16H29N3O3. The van der Waals surface area contributed by atoms with Crippen LogP contribution in [0.5, 0.6) is 0 Å². The highest BCUT2D eigenvalue weighted by molar-refractivity contribution is 5.81. The Kier molecular flexibility index (Phi) is 5.32. The van der Waals surface area contributed by atoms with E-state index in [9.17, 15) is 9.59 Å². The fourth-order valence-electron chi connectivity index (χ4n) is 3.53. The van der Waals surface area contributed by atoms with E-state index in [0.29, 0.717) is 13.1 Å². The van der Waals surface area contributed by atoms with Gasteiger partial charge in [0.15, 0.2) is 0 Å².